The van der Waals surface area contributed by atoms with Gasteiger partial charge in [0.05, 0.1) is 19.6 Å². The quantitative estimate of drug-likeness (QED) is 0.709. The molecule has 1 N–H and O–H groups in total. The van der Waals surface area contributed by atoms with Gasteiger partial charge in [0.25, 0.3) is 0 Å². The van der Waals surface area contributed by atoms with Gasteiger partial charge in [-0.05, 0) is 30.5 Å². The topological polar surface area (TPSA) is 55.8 Å². The number of carbonyl (C=O) groups is 1. The van der Waals surface area contributed by atoms with Gasteiger partial charge in [0, 0.05) is 10.0 Å². The average molecular weight is 393 g/mol. The fourth-order valence-corrected chi connectivity index (χ4v) is 3.03. The number of methoxy groups -OCH3 is 1. The van der Waals surface area contributed by atoms with Gasteiger partial charge >= 0.3 is 5.97 Å². The molecule has 0 aromatic heterocycles. The summed E-state index contributed by atoms with van der Waals surface area (Å²) in [5.41, 5.74) is 1.58. The molecule has 0 amide bonds. The molecule has 2 aromatic carbocycles. The second-order valence-electron chi connectivity index (χ2n) is 5.45. The number of hydrogen-bond donors (Lipinski definition) is 1. The molecule has 0 spiro atoms. The van der Waals surface area contributed by atoms with Crippen molar-refractivity contribution in [3.05, 3.63) is 58.1 Å². The van der Waals surface area contributed by atoms with Gasteiger partial charge in [-0.15, -0.1) is 0 Å². The van der Waals surface area contributed by atoms with Crippen LogP contribution in [0.25, 0.3) is 0 Å². The summed E-state index contributed by atoms with van der Waals surface area (Å²) in [4.78, 5) is 11.8. The highest BCUT2D eigenvalue weighted by molar-refractivity contribution is 9.10. The summed E-state index contributed by atoms with van der Waals surface area (Å²) in [6, 6.07) is 13.0. The second kappa shape index (κ2) is 8.73. The highest BCUT2D eigenvalue weighted by Gasteiger charge is 2.23. The summed E-state index contributed by atoms with van der Waals surface area (Å²) in [5.74, 6) is -0.287. The molecule has 0 aliphatic heterocycles. The van der Waals surface area contributed by atoms with Crippen LogP contribution in [0.3, 0.4) is 0 Å². The van der Waals surface area contributed by atoms with E-state index in [-0.39, 0.29) is 0 Å². The molecule has 128 valence electrons. The minimum absolute atomic E-state index is 0.328. The fraction of sp³-hybridized carbons (Fsp3) is 0.316. The molecule has 0 aliphatic carbocycles. The van der Waals surface area contributed by atoms with Crippen LogP contribution in [-0.2, 0) is 11.2 Å². The van der Waals surface area contributed by atoms with E-state index in [0.29, 0.717) is 24.5 Å². The van der Waals surface area contributed by atoms with Crippen LogP contribution in [0.2, 0.25) is 0 Å². The van der Waals surface area contributed by atoms with Gasteiger partial charge in [-0.2, -0.15) is 0 Å². The Bertz CT molecular complexity index is 685. The molecule has 1 unspecified atom stereocenters. The van der Waals surface area contributed by atoms with E-state index in [2.05, 4.69) is 15.9 Å². The normalized spacial score (nSPS) is 11.8. The minimum atomic E-state index is -0.860. The van der Waals surface area contributed by atoms with Crippen molar-refractivity contribution in [1.29, 1.82) is 0 Å². The molecule has 0 saturated carbocycles. The lowest BCUT2D eigenvalue weighted by atomic mass is 9.91. The van der Waals surface area contributed by atoms with E-state index in [0.717, 1.165) is 22.0 Å². The number of ether oxygens (including phenoxy) is 2. The maximum absolute atomic E-state index is 11.8. The maximum atomic E-state index is 11.8. The van der Waals surface area contributed by atoms with E-state index in [1.165, 1.54) is 0 Å². The van der Waals surface area contributed by atoms with Crippen LogP contribution < -0.4 is 9.47 Å². The van der Waals surface area contributed by atoms with E-state index in [1.807, 2.05) is 49.4 Å². The number of benzene rings is 2. The second-order valence-corrected chi connectivity index (χ2v) is 6.37. The van der Waals surface area contributed by atoms with Crippen molar-refractivity contribution in [3.63, 3.8) is 0 Å². The maximum Gasteiger partial charge on any atom is 0.311 e. The van der Waals surface area contributed by atoms with Crippen LogP contribution in [0.4, 0.5) is 0 Å². The Morgan fingerprint density at radius 3 is 2.54 bits per heavy atom. The summed E-state index contributed by atoms with van der Waals surface area (Å²) in [5, 5.41) is 9.67. The monoisotopic (exact) mass is 392 g/mol. The van der Waals surface area contributed by atoms with Gasteiger partial charge in [0.2, 0.25) is 0 Å². The molecular weight excluding hydrogens is 372 g/mol. The predicted molar refractivity (Wildman–Crippen MR) is 97.0 cm³/mol. The number of carboxylic acids is 1. The predicted octanol–water partition coefficient (Wildman–Crippen LogP) is 4.66. The molecule has 0 bridgehead atoms. The van der Waals surface area contributed by atoms with Crippen molar-refractivity contribution in [2.45, 2.75) is 25.7 Å². The van der Waals surface area contributed by atoms with Crippen LogP contribution >= 0.6 is 15.9 Å². The molecule has 0 radical (unpaired) electrons. The van der Waals surface area contributed by atoms with E-state index in [9.17, 15) is 9.90 Å². The molecule has 0 heterocycles. The Morgan fingerprint density at radius 2 is 1.96 bits per heavy atom. The minimum Gasteiger partial charge on any atom is -0.493 e. The first-order valence-corrected chi connectivity index (χ1v) is 8.63. The summed E-state index contributed by atoms with van der Waals surface area (Å²) in [7, 11) is 1.58. The largest absolute Gasteiger partial charge is 0.493 e. The van der Waals surface area contributed by atoms with Crippen molar-refractivity contribution in [2.24, 2.45) is 0 Å². The Kier molecular flexibility index (Phi) is 6.67. The number of aliphatic carboxylic acids is 1. The first-order valence-electron chi connectivity index (χ1n) is 7.83. The molecular formula is C19H21BrO4. The van der Waals surface area contributed by atoms with Crippen molar-refractivity contribution in [2.75, 3.05) is 13.7 Å². The summed E-state index contributed by atoms with van der Waals surface area (Å²) in [6.07, 6.45) is 1.19. The molecule has 0 saturated heterocycles. The van der Waals surface area contributed by atoms with E-state index in [4.69, 9.17) is 9.47 Å². The highest BCUT2D eigenvalue weighted by Crippen LogP contribution is 2.37. The average Bonchev–Trinajstić information content (AvgIpc) is 2.58. The van der Waals surface area contributed by atoms with E-state index in [1.54, 1.807) is 7.11 Å². The fourth-order valence-electron chi connectivity index (χ4n) is 2.55. The molecule has 2 aromatic rings. The number of rotatable bonds is 8. The smallest absolute Gasteiger partial charge is 0.311 e. The zero-order valence-electron chi connectivity index (χ0n) is 13.8. The number of halogens is 1. The number of hydrogen-bond acceptors (Lipinski definition) is 3. The Morgan fingerprint density at radius 1 is 1.25 bits per heavy atom. The molecule has 4 nitrogen and oxygen atoms in total. The van der Waals surface area contributed by atoms with Gasteiger partial charge in [0.15, 0.2) is 11.5 Å². The third-order valence-corrected chi connectivity index (χ3v) is 4.15. The summed E-state index contributed by atoms with van der Waals surface area (Å²) >= 11 is 3.46. The van der Waals surface area contributed by atoms with E-state index >= 15 is 0 Å². The van der Waals surface area contributed by atoms with E-state index < -0.39 is 11.9 Å². The summed E-state index contributed by atoms with van der Waals surface area (Å²) < 4.78 is 12.1. The van der Waals surface area contributed by atoms with Gasteiger partial charge in [-0.3, -0.25) is 4.79 Å². The van der Waals surface area contributed by atoms with Gasteiger partial charge in [0.1, 0.15) is 0 Å². The van der Waals surface area contributed by atoms with Gasteiger partial charge in [-0.1, -0.05) is 53.2 Å². The first kappa shape index (κ1) is 18.3. The van der Waals surface area contributed by atoms with Gasteiger partial charge < -0.3 is 14.6 Å². The van der Waals surface area contributed by atoms with Crippen LogP contribution in [0.15, 0.2) is 46.9 Å². The standard InChI is InChI=1S/C19H21BrO4/c1-3-9-24-18-14(10-15(20)12-17(18)23-2)11-16(19(21)22)13-7-5-4-6-8-13/h4-8,10,12,16H,3,9,11H2,1-2H3,(H,21,22). The first-order chi connectivity index (χ1) is 11.6. The Labute approximate surface area is 150 Å². The third kappa shape index (κ3) is 4.51. The lowest BCUT2D eigenvalue weighted by molar-refractivity contribution is -0.138. The molecule has 5 heteroatoms. The van der Waals surface area contributed by atoms with Crippen molar-refractivity contribution in [1.82, 2.24) is 0 Å². The molecule has 2 rings (SSSR count). The van der Waals surface area contributed by atoms with Crippen LogP contribution in [0.5, 0.6) is 11.5 Å². The van der Waals surface area contributed by atoms with Crippen LogP contribution in [-0.4, -0.2) is 24.8 Å². The van der Waals surface area contributed by atoms with Crippen LogP contribution in [0.1, 0.15) is 30.4 Å². The summed E-state index contributed by atoms with van der Waals surface area (Å²) in [6.45, 7) is 2.57. The molecule has 24 heavy (non-hydrogen) atoms. The zero-order chi connectivity index (χ0) is 17.5. The highest BCUT2D eigenvalue weighted by atomic mass is 79.9. The molecule has 0 fully saturated rings. The van der Waals surface area contributed by atoms with Crippen LogP contribution in [0, 0.1) is 0 Å². The van der Waals surface area contributed by atoms with Crippen molar-refractivity contribution in [3.8, 4) is 11.5 Å². The van der Waals surface area contributed by atoms with Gasteiger partial charge in [-0.25, -0.2) is 0 Å². The lowest BCUT2D eigenvalue weighted by Gasteiger charge is -2.19. The Balaban J connectivity index is 2.42. The zero-order valence-corrected chi connectivity index (χ0v) is 15.4. The lowest BCUT2D eigenvalue weighted by Crippen LogP contribution is -2.15. The van der Waals surface area contributed by atoms with Crippen molar-refractivity contribution < 1.29 is 19.4 Å². The molecule has 1 atom stereocenters. The third-order valence-electron chi connectivity index (χ3n) is 3.69. The SMILES string of the molecule is CCCOc1c(CC(C(=O)O)c2ccccc2)cc(Br)cc1OC. The Hall–Kier alpha value is -2.01. The van der Waals surface area contributed by atoms with Crippen molar-refractivity contribution >= 4 is 21.9 Å². The number of carboxylic acid groups (broad SMARTS) is 1. The molecule has 0 aliphatic rings.